The van der Waals surface area contributed by atoms with Gasteiger partial charge in [0.2, 0.25) is 0 Å². The summed E-state index contributed by atoms with van der Waals surface area (Å²) < 4.78 is 6.66. The van der Waals surface area contributed by atoms with E-state index in [-0.39, 0.29) is 6.04 Å². The van der Waals surface area contributed by atoms with Gasteiger partial charge in [-0.05, 0) is 55.6 Å². The van der Waals surface area contributed by atoms with Crippen LogP contribution < -0.4 is 10.1 Å². The summed E-state index contributed by atoms with van der Waals surface area (Å²) in [7, 11) is 1.74. The van der Waals surface area contributed by atoms with E-state index in [1.807, 2.05) is 23.5 Å². The van der Waals surface area contributed by atoms with Crippen LogP contribution in [0, 0.1) is 0 Å². The normalized spacial score (nSPS) is 15.0. The molecule has 1 N–H and O–H groups in total. The van der Waals surface area contributed by atoms with Crippen molar-refractivity contribution in [2.24, 2.45) is 0 Å². The molecule has 0 radical (unpaired) electrons. The van der Waals surface area contributed by atoms with Crippen molar-refractivity contribution in [2.45, 2.75) is 32.2 Å². The first-order valence-corrected chi connectivity index (χ1v) is 9.02. The number of halogens is 1. The molecule has 4 heteroatoms. The van der Waals surface area contributed by atoms with Crippen LogP contribution in [0.25, 0.3) is 0 Å². The quantitative estimate of drug-likeness (QED) is 0.828. The van der Waals surface area contributed by atoms with Gasteiger partial charge in [-0.2, -0.15) is 0 Å². The molecule has 3 rings (SSSR count). The van der Waals surface area contributed by atoms with Crippen molar-refractivity contribution in [3.63, 3.8) is 0 Å². The Kier molecular flexibility index (Phi) is 4.67. The number of ether oxygens (including phenoxy) is 1. The number of benzene rings is 1. The second-order valence-electron chi connectivity index (χ2n) is 5.33. The molecular weight excluding hydrogens is 346 g/mol. The fourth-order valence-electron chi connectivity index (χ4n) is 2.99. The summed E-state index contributed by atoms with van der Waals surface area (Å²) in [5.74, 6) is 0.942. The van der Waals surface area contributed by atoms with Gasteiger partial charge in [-0.1, -0.05) is 22.9 Å². The van der Waals surface area contributed by atoms with Crippen LogP contribution in [-0.2, 0) is 12.8 Å². The minimum atomic E-state index is 0.207. The van der Waals surface area contributed by atoms with Crippen molar-refractivity contribution in [3.8, 4) is 5.75 Å². The van der Waals surface area contributed by atoms with Crippen LogP contribution in [0.3, 0.4) is 0 Å². The zero-order valence-electron chi connectivity index (χ0n) is 12.4. The highest BCUT2D eigenvalue weighted by molar-refractivity contribution is 9.10. The summed E-state index contributed by atoms with van der Waals surface area (Å²) in [6, 6.07) is 8.82. The Hall–Kier alpha value is -0.840. The van der Waals surface area contributed by atoms with Crippen molar-refractivity contribution in [1.29, 1.82) is 0 Å². The largest absolute Gasteiger partial charge is 0.496 e. The first kappa shape index (κ1) is 15.1. The summed E-state index contributed by atoms with van der Waals surface area (Å²) in [5.41, 5.74) is 2.75. The van der Waals surface area contributed by atoms with Crippen molar-refractivity contribution < 1.29 is 4.74 Å². The second kappa shape index (κ2) is 6.51. The third kappa shape index (κ3) is 3.03. The topological polar surface area (TPSA) is 21.3 Å². The lowest BCUT2D eigenvalue weighted by molar-refractivity contribution is 0.404. The third-order valence-electron chi connectivity index (χ3n) is 3.96. The molecule has 0 amide bonds. The van der Waals surface area contributed by atoms with Crippen LogP contribution in [0.15, 0.2) is 28.7 Å². The van der Waals surface area contributed by atoms with Gasteiger partial charge in [0.05, 0.1) is 13.2 Å². The van der Waals surface area contributed by atoms with E-state index < -0.39 is 0 Å². The van der Waals surface area contributed by atoms with Crippen molar-refractivity contribution in [2.75, 3.05) is 13.7 Å². The minimum absolute atomic E-state index is 0.207. The van der Waals surface area contributed by atoms with E-state index in [0.717, 1.165) is 16.8 Å². The Labute approximate surface area is 138 Å². The molecule has 112 valence electrons. The molecule has 1 atom stereocenters. The molecule has 2 nitrogen and oxygen atoms in total. The number of nitrogens with one attached hydrogen (secondary N) is 1. The summed E-state index contributed by atoms with van der Waals surface area (Å²) in [6.07, 6.45) is 3.79. The van der Waals surface area contributed by atoms with E-state index in [4.69, 9.17) is 4.74 Å². The van der Waals surface area contributed by atoms with Crippen LogP contribution >= 0.6 is 27.3 Å². The van der Waals surface area contributed by atoms with Gasteiger partial charge in [0.15, 0.2) is 0 Å². The van der Waals surface area contributed by atoms with Crippen molar-refractivity contribution >= 4 is 27.3 Å². The zero-order valence-corrected chi connectivity index (χ0v) is 14.8. The minimum Gasteiger partial charge on any atom is -0.496 e. The highest BCUT2D eigenvalue weighted by Gasteiger charge is 2.23. The molecule has 1 unspecified atom stereocenters. The van der Waals surface area contributed by atoms with Gasteiger partial charge in [0.1, 0.15) is 5.75 Å². The number of fused-ring (bicyclic) bond motifs is 1. The lowest BCUT2D eigenvalue weighted by atomic mass is 10.0. The Balaban J connectivity index is 2.02. The van der Waals surface area contributed by atoms with Crippen LogP contribution in [0.4, 0.5) is 0 Å². The maximum Gasteiger partial charge on any atom is 0.124 e. The van der Waals surface area contributed by atoms with E-state index >= 15 is 0 Å². The monoisotopic (exact) mass is 365 g/mol. The van der Waals surface area contributed by atoms with Gasteiger partial charge in [-0.15, -0.1) is 11.3 Å². The van der Waals surface area contributed by atoms with E-state index in [1.165, 1.54) is 29.7 Å². The molecule has 1 aromatic carbocycles. The smallest absolute Gasteiger partial charge is 0.124 e. The lowest BCUT2D eigenvalue weighted by Gasteiger charge is -2.20. The molecule has 1 aliphatic carbocycles. The average Bonchev–Trinajstić information content (AvgIpc) is 3.06. The predicted molar refractivity (Wildman–Crippen MR) is 92.6 cm³/mol. The average molecular weight is 366 g/mol. The molecule has 0 spiro atoms. The lowest BCUT2D eigenvalue weighted by Crippen LogP contribution is -2.21. The number of rotatable bonds is 5. The van der Waals surface area contributed by atoms with Gasteiger partial charge in [0, 0.05) is 19.8 Å². The Bertz CT molecular complexity index is 616. The molecular formula is C17H20BrNOS. The van der Waals surface area contributed by atoms with Crippen LogP contribution in [-0.4, -0.2) is 13.7 Å². The molecule has 1 heterocycles. The number of aryl methyl sites for hydroxylation is 2. The van der Waals surface area contributed by atoms with Gasteiger partial charge in [-0.3, -0.25) is 0 Å². The highest BCUT2D eigenvalue weighted by Crippen LogP contribution is 2.39. The number of thiophene rings is 1. The molecule has 1 aliphatic rings. The Morgan fingerprint density at radius 1 is 1.33 bits per heavy atom. The molecule has 2 aromatic rings. The fraction of sp³-hybridized carbons (Fsp3) is 0.412. The number of hydrogen-bond donors (Lipinski definition) is 1. The van der Waals surface area contributed by atoms with Crippen LogP contribution in [0.2, 0.25) is 0 Å². The molecule has 21 heavy (non-hydrogen) atoms. The number of hydrogen-bond acceptors (Lipinski definition) is 3. The van der Waals surface area contributed by atoms with Crippen LogP contribution in [0.5, 0.6) is 5.75 Å². The van der Waals surface area contributed by atoms with Gasteiger partial charge < -0.3 is 10.1 Å². The first-order valence-electron chi connectivity index (χ1n) is 7.41. The summed E-state index contributed by atoms with van der Waals surface area (Å²) in [4.78, 5) is 2.97. The molecule has 0 aliphatic heterocycles. The first-order chi connectivity index (χ1) is 10.2. The maximum absolute atomic E-state index is 5.57. The van der Waals surface area contributed by atoms with Gasteiger partial charge in [-0.25, -0.2) is 0 Å². The van der Waals surface area contributed by atoms with E-state index in [9.17, 15) is 0 Å². The summed E-state index contributed by atoms with van der Waals surface area (Å²) >= 11 is 5.54. The van der Waals surface area contributed by atoms with E-state index in [0.29, 0.717) is 0 Å². The molecule has 0 fully saturated rings. The van der Waals surface area contributed by atoms with Crippen LogP contribution in [0.1, 0.15) is 40.3 Å². The highest BCUT2D eigenvalue weighted by atomic mass is 79.9. The van der Waals surface area contributed by atoms with Crippen molar-refractivity contribution in [1.82, 2.24) is 5.32 Å². The Morgan fingerprint density at radius 2 is 2.19 bits per heavy atom. The second-order valence-corrected chi connectivity index (χ2v) is 7.41. The van der Waals surface area contributed by atoms with E-state index in [2.05, 4.69) is 40.3 Å². The summed E-state index contributed by atoms with van der Waals surface area (Å²) in [5, 5.41) is 3.62. The molecule has 1 aromatic heterocycles. The molecule has 0 saturated heterocycles. The summed E-state index contributed by atoms with van der Waals surface area (Å²) in [6.45, 7) is 3.08. The standard InChI is InChI=1S/C17H20BrNOS/c1-3-19-17(13-10-12(18)7-8-14(13)20-2)16-9-11-5-4-6-15(11)21-16/h7-10,17,19H,3-6H2,1-2H3. The predicted octanol–water partition coefficient (Wildman–Crippen LogP) is 4.71. The number of methoxy groups -OCH3 is 1. The molecule has 0 bridgehead atoms. The Morgan fingerprint density at radius 3 is 2.90 bits per heavy atom. The van der Waals surface area contributed by atoms with Crippen molar-refractivity contribution in [3.05, 3.63) is 49.6 Å². The van der Waals surface area contributed by atoms with Gasteiger partial charge in [0.25, 0.3) is 0 Å². The van der Waals surface area contributed by atoms with Gasteiger partial charge >= 0.3 is 0 Å². The third-order valence-corrected chi connectivity index (χ3v) is 5.76. The zero-order chi connectivity index (χ0) is 14.8. The fourth-order valence-corrected chi connectivity index (χ4v) is 4.72. The molecule has 0 saturated carbocycles. The van der Waals surface area contributed by atoms with E-state index in [1.54, 1.807) is 17.6 Å². The SMILES string of the molecule is CCNC(c1cc2c(s1)CCC2)c1cc(Br)ccc1OC. The maximum atomic E-state index is 5.57.